The maximum Gasteiger partial charge on any atom is 0.268 e. The van der Waals surface area contributed by atoms with E-state index in [2.05, 4.69) is 64.5 Å². The number of amides is 2. The van der Waals surface area contributed by atoms with Gasteiger partial charge in [-0.15, -0.1) is 10.2 Å². The number of nitrogens with zero attached hydrogens (tertiary/aromatic N) is 9. The van der Waals surface area contributed by atoms with Gasteiger partial charge in [0.2, 0.25) is 11.8 Å². The van der Waals surface area contributed by atoms with Crippen molar-refractivity contribution < 1.29 is 44.5 Å². The van der Waals surface area contributed by atoms with Crippen LogP contribution in [0.15, 0.2) is 95.2 Å². The van der Waals surface area contributed by atoms with Crippen LogP contribution in [0.5, 0.6) is 11.8 Å². The third kappa shape index (κ3) is 12.1. The first-order valence-electron chi connectivity index (χ1n) is 20.9. The van der Waals surface area contributed by atoms with E-state index in [1.807, 2.05) is 23.5 Å². The molecule has 1 aliphatic heterocycles. The molecule has 0 radical (unpaired) electrons. The van der Waals surface area contributed by atoms with Crippen molar-refractivity contribution in [3.8, 4) is 23.4 Å². The predicted octanol–water partition coefficient (Wildman–Crippen LogP) is 6.55. The van der Waals surface area contributed by atoms with Crippen molar-refractivity contribution in [2.24, 2.45) is 17.8 Å². The van der Waals surface area contributed by atoms with Gasteiger partial charge < -0.3 is 25.8 Å². The molecule has 0 aliphatic carbocycles. The van der Waals surface area contributed by atoms with Gasteiger partial charge in [-0.1, -0.05) is 46.2 Å². The average Bonchev–Trinajstić information content (AvgIpc) is 4.00. The number of nitrogen functional groups attached to an aromatic ring is 2. The van der Waals surface area contributed by atoms with Crippen LogP contribution in [-0.2, 0) is 20.0 Å². The summed E-state index contributed by atoms with van der Waals surface area (Å²) in [5.41, 5.74) is 11.0. The normalized spacial score (nSPS) is 14.7. The van der Waals surface area contributed by atoms with Crippen LogP contribution in [0.25, 0.3) is 11.6 Å². The number of halogens is 1. The summed E-state index contributed by atoms with van der Waals surface area (Å²) in [7, 11) is -8.49. The Bertz CT molecular complexity index is 3010. The summed E-state index contributed by atoms with van der Waals surface area (Å²) in [6.07, 6.45) is 6.96. The summed E-state index contributed by atoms with van der Waals surface area (Å²) >= 11 is 6.11. The van der Waals surface area contributed by atoms with E-state index in [1.54, 1.807) is 41.3 Å². The Balaban J connectivity index is 0.00000134. The molecule has 0 aromatic carbocycles. The summed E-state index contributed by atoms with van der Waals surface area (Å²) in [6, 6.07) is 14.8. The van der Waals surface area contributed by atoms with Crippen molar-refractivity contribution in [2.45, 2.75) is 70.2 Å². The highest BCUT2D eigenvalue weighted by molar-refractivity contribution is 7.90. The van der Waals surface area contributed by atoms with Crippen molar-refractivity contribution in [2.75, 3.05) is 36.1 Å². The Morgan fingerprint density at radius 2 is 1.22 bits per heavy atom. The molecule has 6 aromatic rings. The molecular formula is C43H64ClN13O8S2. The Morgan fingerprint density at radius 3 is 1.66 bits per heavy atom. The van der Waals surface area contributed by atoms with Crippen LogP contribution < -0.4 is 35.3 Å². The first-order valence-corrected chi connectivity index (χ1v) is 24.3. The molecule has 1 atom stereocenters. The molecule has 21 nitrogen and oxygen atoms in total. The summed E-state index contributed by atoms with van der Waals surface area (Å²) in [5.74, 6) is 0.928. The largest absolute Gasteiger partial charge is 0.476 e. The lowest BCUT2D eigenvalue weighted by Gasteiger charge is -2.34. The fourth-order valence-corrected chi connectivity index (χ4v) is 9.22. The molecule has 1 aliphatic rings. The van der Waals surface area contributed by atoms with Crippen LogP contribution in [0, 0.1) is 17.8 Å². The highest BCUT2D eigenvalue weighted by Crippen LogP contribution is 2.38. The number of aromatic nitrogens is 8. The molecular weight excluding hydrogens is 926 g/mol. The maximum atomic E-state index is 13.4. The SMILES string of the molecule is CC(C)COc1ccn(-c2ccc(C(=O)NS(=O)(=O)c3cccnc3N)c(Cl)n2)n1.CC(C)COc1ccn(-c2ccc(C(=O)NS(=O)(=O)c3cccnc3N)c(N3C[C@@H](C)CC3(C)C)n2)n1.[HH].[HH].[HH].[HH].[HH].[HH]. The molecule has 1 saturated heterocycles. The minimum atomic E-state index is -4.26. The number of hydrogen-bond acceptors (Lipinski definition) is 17. The molecule has 368 valence electrons. The Hall–Kier alpha value is -6.85. The smallest absolute Gasteiger partial charge is 0.268 e. The standard InChI is InChI=1S/C25H33N7O4S.C18H19ClN6O4S.6H2/c1-16(2)15-36-21-10-12-32(29-21)20-9-8-18(23(28-20)31-14-17(3)13-25(31,4)5)24(33)30-37(34,35)19-7-6-11-27-22(19)26;1-11(2)10-29-15-7-9-25(23-15)14-6-5-12(16(19)22-14)18(26)24-30(27,28)13-4-3-8-21-17(13)20;;;;;;/h6-12,16-17H,13-15H2,1-5H3,(H2,26,27)(H,30,33);3-9,11H,10H2,1-2H3,(H2,20,21)(H,24,26);6*1H/t17-;;;;;;;/m0......./s1. The Morgan fingerprint density at radius 1 is 0.761 bits per heavy atom. The van der Waals surface area contributed by atoms with Crippen molar-refractivity contribution >= 4 is 60.9 Å². The van der Waals surface area contributed by atoms with Gasteiger partial charge in [-0.2, -0.15) is 0 Å². The molecule has 0 bridgehead atoms. The first-order chi connectivity index (χ1) is 31.5. The molecule has 0 saturated carbocycles. The molecule has 0 unspecified atom stereocenters. The molecule has 6 aromatic heterocycles. The molecule has 6 N–H and O–H groups in total. The third-order valence-electron chi connectivity index (χ3n) is 9.87. The van der Waals surface area contributed by atoms with Gasteiger partial charge >= 0.3 is 0 Å². The highest BCUT2D eigenvalue weighted by Gasteiger charge is 2.39. The van der Waals surface area contributed by atoms with Gasteiger partial charge in [0.1, 0.15) is 32.4 Å². The minimum absolute atomic E-state index is 0. The zero-order valence-corrected chi connectivity index (χ0v) is 40.2. The number of hydrogen-bond donors (Lipinski definition) is 4. The quantitative estimate of drug-likeness (QED) is 0.0793. The monoisotopic (exact) mass is 989 g/mol. The van der Waals surface area contributed by atoms with E-state index in [-0.39, 0.29) is 51.8 Å². The average molecular weight is 991 g/mol. The van der Waals surface area contributed by atoms with Gasteiger partial charge in [0.25, 0.3) is 31.9 Å². The first kappa shape index (κ1) is 49.6. The lowest BCUT2D eigenvalue weighted by atomic mass is 9.97. The Kier molecular flexibility index (Phi) is 15.1. The van der Waals surface area contributed by atoms with Crippen molar-refractivity contribution in [1.82, 2.24) is 48.9 Å². The second-order valence-electron chi connectivity index (χ2n) is 17.0. The van der Waals surface area contributed by atoms with Crippen LogP contribution in [0.4, 0.5) is 17.5 Å². The van der Waals surface area contributed by atoms with E-state index in [0.29, 0.717) is 66.7 Å². The van der Waals surface area contributed by atoms with Crippen molar-refractivity contribution in [3.63, 3.8) is 0 Å². The van der Waals surface area contributed by atoms with Crippen LogP contribution in [0.1, 0.15) is 84.2 Å². The van der Waals surface area contributed by atoms with Crippen LogP contribution in [0.2, 0.25) is 5.15 Å². The topological polar surface area (TPSA) is 287 Å². The molecule has 7 rings (SSSR count). The minimum Gasteiger partial charge on any atom is -0.476 e. The van der Waals surface area contributed by atoms with E-state index < -0.39 is 31.9 Å². The van der Waals surface area contributed by atoms with E-state index in [4.69, 9.17) is 37.5 Å². The van der Waals surface area contributed by atoms with Gasteiger partial charge in [0.05, 0.1) is 24.3 Å². The fraction of sp³-hybridized carbons (Fsp3) is 0.349. The summed E-state index contributed by atoms with van der Waals surface area (Å²) in [5, 5.41) is 8.49. The maximum absolute atomic E-state index is 13.4. The Labute approximate surface area is 402 Å². The van der Waals surface area contributed by atoms with E-state index in [1.165, 1.54) is 53.5 Å². The fourth-order valence-electron chi connectivity index (χ4n) is 6.88. The lowest BCUT2D eigenvalue weighted by Crippen LogP contribution is -2.41. The number of sulfonamides is 2. The third-order valence-corrected chi connectivity index (χ3v) is 12.9. The van der Waals surface area contributed by atoms with Crippen LogP contribution >= 0.6 is 11.6 Å². The number of anilines is 3. The second kappa shape index (κ2) is 20.3. The van der Waals surface area contributed by atoms with Crippen molar-refractivity contribution in [1.29, 1.82) is 0 Å². The predicted molar refractivity (Wildman–Crippen MR) is 263 cm³/mol. The summed E-state index contributed by atoms with van der Waals surface area (Å²) < 4.78 is 68.9. The summed E-state index contributed by atoms with van der Waals surface area (Å²) in [4.78, 5) is 43.7. The lowest BCUT2D eigenvalue weighted by molar-refractivity contribution is 0.0972. The number of carbonyl (C=O) groups is 2. The van der Waals surface area contributed by atoms with Gasteiger partial charge in [-0.05, 0) is 86.6 Å². The number of ether oxygens (including phenoxy) is 2. The van der Waals surface area contributed by atoms with Crippen LogP contribution in [-0.4, -0.2) is 93.4 Å². The number of carbonyl (C=O) groups excluding carboxylic acids is 2. The number of nitrogens with two attached hydrogens (primary N) is 2. The van der Waals surface area contributed by atoms with Gasteiger partial charge in [-0.3, -0.25) is 9.59 Å². The molecule has 1 fully saturated rings. The number of nitrogens with one attached hydrogen (secondary N) is 2. The molecule has 0 spiro atoms. The van der Waals surface area contributed by atoms with Gasteiger partial charge in [-0.25, -0.2) is 55.6 Å². The number of pyridine rings is 4. The molecule has 7 heterocycles. The second-order valence-corrected chi connectivity index (χ2v) is 20.7. The van der Waals surface area contributed by atoms with Crippen molar-refractivity contribution in [3.05, 3.63) is 102 Å². The van der Waals surface area contributed by atoms with E-state index in [9.17, 15) is 26.4 Å². The van der Waals surface area contributed by atoms with E-state index in [0.717, 1.165) is 6.42 Å². The van der Waals surface area contributed by atoms with Gasteiger partial charge in [0, 0.05) is 57.6 Å². The summed E-state index contributed by atoms with van der Waals surface area (Å²) in [6.45, 7) is 16.1. The molecule has 24 heteroatoms. The zero-order chi connectivity index (χ0) is 48.8. The van der Waals surface area contributed by atoms with Crippen LogP contribution in [0.3, 0.4) is 0 Å². The van der Waals surface area contributed by atoms with Gasteiger partial charge in [0.15, 0.2) is 11.6 Å². The molecule has 67 heavy (non-hydrogen) atoms. The molecule has 2 amide bonds. The zero-order valence-electron chi connectivity index (χ0n) is 37.8. The highest BCUT2D eigenvalue weighted by atomic mass is 35.5. The number of rotatable bonds is 15. The van der Waals surface area contributed by atoms with E-state index >= 15 is 0 Å².